The van der Waals surface area contributed by atoms with E-state index < -0.39 is 117 Å². The number of hydrogen-bond donors (Lipinski definition) is 12. The Morgan fingerprint density at radius 2 is 1.31 bits per heavy atom. The SMILES string of the molecule is CC(=O)N[C@H]1C([C]2O[C@H](CO)[C@H](O)[C@H](O)[C@]2(O)C2O[C@H](CO)[C@H](O)[C@H](O)[C@H]2O)O[C@H](CO)[C@@H](O)[C@@H]1O. The predicted molar refractivity (Wildman–Crippen MR) is 111 cm³/mol. The van der Waals surface area contributed by atoms with Crippen LogP contribution < -0.4 is 5.32 Å². The molecule has 0 aromatic heterocycles. The monoisotopic (exact) mass is 528 g/mol. The third-order valence-corrected chi connectivity index (χ3v) is 6.89. The third kappa shape index (κ3) is 4.87. The third-order valence-electron chi connectivity index (χ3n) is 6.89. The van der Waals surface area contributed by atoms with Gasteiger partial charge in [-0.2, -0.15) is 0 Å². The van der Waals surface area contributed by atoms with Gasteiger partial charge in [-0.05, 0) is 0 Å². The van der Waals surface area contributed by atoms with Crippen molar-refractivity contribution < 1.29 is 75.2 Å². The molecule has 16 nitrogen and oxygen atoms in total. The maximum Gasteiger partial charge on any atom is 0.217 e. The molecule has 3 aliphatic rings. The van der Waals surface area contributed by atoms with Gasteiger partial charge in [0.1, 0.15) is 73.2 Å². The topological polar surface area (TPSA) is 279 Å². The molecule has 3 saturated heterocycles. The Labute approximate surface area is 204 Å². The number of rotatable bonds is 6. The minimum absolute atomic E-state index is 0.741. The van der Waals surface area contributed by atoms with Crippen LogP contribution >= 0.6 is 0 Å². The molecule has 36 heavy (non-hydrogen) atoms. The lowest BCUT2D eigenvalue weighted by molar-refractivity contribution is -0.334. The van der Waals surface area contributed by atoms with Gasteiger partial charge in [-0.15, -0.1) is 0 Å². The molecule has 3 aliphatic heterocycles. The zero-order valence-corrected chi connectivity index (χ0v) is 19.2. The molecule has 16 heteroatoms. The lowest BCUT2D eigenvalue weighted by atomic mass is 9.70. The zero-order valence-electron chi connectivity index (χ0n) is 19.2. The van der Waals surface area contributed by atoms with Crippen LogP contribution in [0.2, 0.25) is 0 Å². The molecular formula is C20H34NO15. The standard InChI is InChI=1S/C20H34NO15/c1-5(25)21-9-13(29)10(26)6(2-22)34-16(9)19-20(33,17(32)12(28)8(4-24)36-19)18-15(31)14(30)11(27)7(3-23)35-18/h6-18,22-24,26-33H,2-4H2,1H3,(H,21,25)/t6-,7-,8-,9-,10-,11+,12+,13-,14+,15-,16?,17+,18?,20+/m1/s1. The van der Waals surface area contributed by atoms with E-state index in [-0.39, 0.29) is 0 Å². The van der Waals surface area contributed by atoms with E-state index in [9.17, 15) is 61.0 Å². The van der Waals surface area contributed by atoms with Crippen LogP contribution in [0.3, 0.4) is 0 Å². The number of hydrogen-bond acceptors (Lipinski definition) is 15. The second-order valence-corrected chi connectivity index (χ2v) is 9.20. The van der Waals surface area contributed by atoms with Crippen molar-refractivity contribution in [2.45, 2.75) is 91.8 Å². The molecule has 1 radical (unpaired) electrons. The molecule has 1 amide bonds. The Hall–Kier alpha value is -1.09. The summed E-state index contributed by atoms with van der Waals surface area (Å²) in [6.07, 6.45) is -23.4. The molecule has 0 aliphatic carbocycles. The Morgan fingerprint density at radius 1 is 0.778 bits per heavy atom. The van der Waals surface area contributed by atoms with Gasteiger partial charge in [-0.25, -0.2) is 0 Å². The van der Waals surface area contributed by atoms with E-state index in [0.29, 0.717) is 0 Å². The fourth-order valence-corrected chi connectivity index (χ4v) is 4.89. The summed E-state index contributed by atoms with van der Waals surface area (Å²) in [6.45, 7) is -1.63. The first-order valence-electron chi connectivity index (χ1n) is 11.3. The highest BCUT2D eigenvalue weighted by Crippen LogP contribution is 2.46. The molecule has 14 atom stereocenters. The molecule has 0 bridgehead atoms. The Balaban J connectivity index is 2.13. The summed E-state index contributed by atoms with van der Waals surface area (Å²) in [5, 5.41) is 116. The van der Waals surface area contributed by atoms with Crippen molar-refractivity contribution in [3.63, 3.8) is 0 Å². The maximum absolute atomic E-state index is 11.9. The van der Waals surface area contributed by atoms with Crippen LogP contribution in [0, 0.1) is 6.10 Å². The normalized spacial score (nSPS) is 50.6. The van der Waals surface area contributed by atoms with E-state index >= 15 is 0 Å². The molecule has 209 valence electrons. The van der Waals surface area contributed by atoms with E-state index in [1.54, 1.807) is 0 Å². The van der Waals surface area contributed by atoms with Gasteiger partial charge >= 0.3 is 0 Å². The number of aliphatic hydroxyl groups excluding tert-OH is 10. The van der Waals surface area contributed by atoms with Crippen molar-refractivity contribution in [3.8, 4) is 0 Å². The summed E-state index contributed by atoms with van der Waals surface area (Å²) in [5.74, 6) is -0.741. The largest absolute Gasteiger partial charge is 0.394 e. The van der Waals surface area contributed by atoms with Crippen molar-refractivity contribution >= 4 is 5.91 Å². The number of carbonyl (C=O) groups excluding carboxylic acids is 1. The number of carbonyl (C=O) groups is 1. The molecule has 0 spiro atoms. The fourth-order valence-electron chi connectivity index (χ4n) is 4.89. The van der Waals surface area contributed by atoms with Crippen molar-refractivity contribution in [1.82, 2.24) is 5.32 Å². The molecule has 3 fully saturated rings. The van der Waals surface area contributed by atoms with Gasteiger partial charge in [-0.3, -0.25) is 4.79 Å². The van der Waals surface area contributed by atoms with E-state index in [1.807, 2.05) is 0 Å². The zero-order chi connectivity index (χ0) is 27.1. The van der Waals surface area contributed by atoms with Crippen molar-refractivity contribution in [1.29, 1.82) is 0 Å². The molecule has 0 aromatic rings. The number of aliphatic hydroxyl groups is 11. The van der Waals surface area contributed by atoms with Gasteiger partial charge in [0, 0.05) is 6.92 Å². The fraction of sp³-hybridized carbons (Fsp3) is 0.900. The van der Waals surface area contributed by atoms with Crippen LogP contribution in [0.5, 0.6) is 0 Å². The molecular weight excluding hydrogens is 494 g/mol. The van der Waals surface area contributed by atoms with Crippen molar-refractivity contribution in [3.05, 3.63) is 6.10 Å². The van der Waals surface area contributed by atoms with E-state index in [0.717, 1.165) is 6.92 Å². The van der Waals surface area contributed by atoms with Crippen molar-refractivity contribution in [2.24, 2.45) is 0 Å². The maximum atomic E-state index is 11.9. The second kappa shape index (κ2) is 11.3. The molecule has 3 heterocycles. The second-order valence-electron chi connectivity index (χ2n) is 9.20. The van der Waals surface area contributed by atoms with Gasteiger partial charge < -0.3 is 75.7 Å². The Kier molecular flexibility index (Phi) is 9.28. The lowest BCUT2D eigenvalue weighted by Gasteiger charge is -2.57. The number of ether oxygens (including phenoxy) is 3. The summed E-state index contributed by atoms with van der Waals surface area (Å²) in [7, 11) is 0. The Bertz CT molecular complexity index is 759. The lowest BCUT2D eigenvalue weighted by Crippen LogP contribution is -2.78. The summed E-state index contributed by atoms with van der Waals surface area (Å²) in [4.78, 5) is 11.9. The molecule has 0 aromatic carbocycles. The first kappa shape index (κ1) is 29.5. The summed E-state index contributed by atoms with van der Waals surface area (Å²) < 4.78 is 16.6. The van der Waals surface area contributed by atoms with E-state index in [2.05, 4.69) is 5.32 Å². The van der Waals surface area contributed by atoms with E-state index in [4.69, 9.17) is 14.2 Å². The molecule has 0 saturated carbocycles. The van der Waals surface area contributed by atoms with Crippen LogP contribution in [0.25, 0.3) is 0 Å². The van der Waals surface area contributed by atoms with Gasteiger partial charge in [-0.1, -0.05) is 0 Å². The van der Waals surface area contributed by atoms with Gasteiger partial charge in [0.05, 0.1) is 25.9 Å². The number of amides is 1. The minimum Gasteiger partial charge on any atom is -0.394 e. The quantitative estimate of drug-likeness (QED) is 0.152. The summed E-state index contributed by atoms with van der Waals surface area (Å²) in [5.41, 5.74) is -3.04. The Morgan fingerprint density at radius 3 is 1.83 bits per heavy atom. The van der Waals surface area contributed by atoms with Crippen LogP contribution in [-0.2, 0) is 19.0 Å². The van der Waals surface area contributed by atoms with Crippen LogP contribution in [-0.4, -0.2) is 167 Å². The van der Waals surface area contributed by atoms with Crippen LogP contribution in [0.1, 0.15) is 6.92 Å². The summed E-state index contributed by atoms with van der Waals surface area (Å²) >= 11 is 0. The smallest absolute Gasteiger partial charge is 0.217 e. The highest BCUT2D eigenvalue weighted by Gasteiger charge is 2.68. The average Bonchev–Trinajstić information content (AvgIpc) is 2.84. The average molecular weight is 528 g/mol. The number of nitrogens with one attached hydrogen (secondary N) is 1. The van der Waals surface area contributed by atoms with E-state index in [1.165, 1.54) is 0 Å². The van der Waals surface area contributed by atoms with Gasteiger partial charge in [0.2, 0.25) is 5.91 Å². The molecule has 2 unspecified atom stereocenters. The van der Waals surface area contributed by atoms with Gasteiger partial charge in [0.25, 0.3) is 0 Å². The highest BCUT2D eigenvalue weighted by molar-refractivity contribution is 5.73. The first-order valence-corrected chi connectivity index (χ1v) is 11.3. The predicted octanol–water partition coefficient (Wildman–Crippen LogP) is -7.81. The van der Waals surface area contributed by atoms with Crippen LogP contribution in [0.15, 0.2) is 0 Å². The van der Waals surface area contributed by atoms with Gasteiger partial charge in [0.15, 0.2) is 11.7 Å². The van der Waals surface area contributed by atoms with Crippen molar-refractivity contribution in [2.75, 3.05) is 19.8 Å². The van der Waals surface area contributed by atoms with Crippen LogP contribution in [0.4, 0.5) is 0 Å². The first-order chi connectivity index (χ1) is 16.8. The minimum atomic E-state index is -3.04. The molecule has 3 rings (SSSR count). The highest BCUT2D eigenvalue weighted by atomic mass is 16.6. The molecule has 12 N–H and O–H groups in total. The summed E-state index contributed by atoms with van der Waals surface area (Å²) in [6, 6.07) is -1.60.